The van der Waals surface area contributed by atoms with E-state index in [4.69, 9.17) is 4.74 Å². The number of ether oxygens (including phenoxy) is 1. The van der Waals surface area contributed by atoms with Crippen molar-refractivity contribution in [2.75, 3.05) is 26.3 Å². The monoisotopic (exact) mass is 365 g/mol. The second kappa shape index (κ2) is 6.29. The van der Waals surface area contributed by atoms with E-state index in [-0.39, 0.29) is 5.56 Å². The fourth-order valence-electron chi connectivity index (χ4n) is 3.59. The van der Waals surface area contributed by atoms with E-state index < -0.39 is 0 Å². The Morgan fingerprint density at radius 2 is 2.00 bits per heavy atom. The Kier molecular flexibility index (Phi) is 3.76. The van der Waals surface area contributed by atoms with Crippen LogP contribution in [0, 0.1) is 0 Å². The third-order valence-corrected chi connectivity index (χ3v) is 4.99. The van der Waals surface area contributed by atoms with Gasteiger partial charge in [0, 0.05) is 26.7 Å². The third kappa shape index (κ3) is 2.63. The summed E-state index contributed by atoms with van der Waals surface area (Å²) in [5, 5.41) is 9.18. The Bertz CT molecular complexity index is 1180. The fourth-order valence-corrected chi connectivity index (χ4v) is 3.59. The first-order valence-corrected chi connectivity index (χ1v) is 8.89. The van der Waals surface area contributed by atoms with Gasteiger partial charge in [-0.1, -0.05) is 17.3 Å². The minimum absolute atomic E-state index is 0.0616. The van der Waals surface area contributed by atoms with Crippen LogP contribution < -0.4 is 5.56 Å². The van der Waals surface area contributed by atoms with Gasteiger partial charge >= 0.3 is 0 Å². The molecule has 3 aromatic heterocycles. The van der Waals surface area contributed by atoms with Crippen LogP contribution >= 0.6 is 0 Å². The molecule has 0 aliphatic carbocycles. The summed E-state index contributed by atoms with van der Waals surface area (Å²) in [5.74, 6) is 0.584. The SMILES string of the molecule is Cn1c(=O)c2ccccc2n2cnc(-n3cc(CN4CCOCC4)nn3)c12. The van der Waals surface area contributed by atoms with Crippen molar-refractivity contribution in [2.24, 2.45) is 7.05 Å². The summed E-state index contributed by atoms with van der Waals surface area (Å²) >= 11 is 0. The maximum absolute atomic E-state index is 12.7. The molecule has 27 heavy (non-hydrogen) atoms. The molecule has 1 aliphatic rings. The molecule has 1 fully saturated rings. The molecule has 0 unspecified atom stereocenters. The highest BCUT2D eigenvalue weighted by Gasteiger charge is 2.17. The van der Waals surface area contributed by atoms with Crippen LogP contribution in [0.5, 0.6) is 0 Å². The van der Waals surface area contributed by atoms with E-state index in [2.05, 4.69) is 20.2 Å². The molecule has 9 heteroatoms. The molecule has 0 radical (unpaired) electrons. The molecule has 4 aromatic rings. The van der Waals surface area contributed by atoms with E-state index in [1.165, 1.54) is 0 Å². The quantitative estimate of drug-likeness (QED) is 0.529. The highest BCUT2D eigenvalue weighted by atomic mass is 16.5. The molecule has 5 rings (SSSR count). The molecular formula is C18H19N7O2. The smallest absolute Gasteiger partial charge is 0.261 e. The Balaban J connectivity index is 1.59. The summed E-state index contributed by atoms with van der Waals surface area (Å²) < 4.78 is 10.5. The number of morpholine rings is 1. The number of nitrogens with zero attached hydrogens (tertiary/aromatic N) is 7. The standard InChI is InChI=1S/C18H19N7O2/c1-22-17-16(19-12-24(17)15-5-3-2-4-14(15)18(22)26)25-11-13(20-21-25)10-23-6-8-27-9-7-23/h2-5,11-12H,6-10H2,1H3. The van der Waals surface area contributed by atoms with E-state index in [1.54, 1.807) is 22.6 Å². The zero-order chi connectivity index (χ0) is 18.4. The topological polar surface area (TPSA) is 82.5 Å². The van der Waals surface area contributed by atoms with Crippen molar-refractivity contribution in [3.63, 3.8) is 0 Å². The van der Waals surface area contributed by atoms with Crippen molar-refractivity contribution in [3.05, 3.63) is 52.8 Å². The third-order valence-electron chi connectivity index (χ3n) is 4.99. The van der Waals surface area contributed by atoms with Gasteiger partial charge in [0.25, 0.3) is 5.56 Å². The van der Waals surface area contributed by atoms with Crippen LogP contribution in [0.3, 0.4) is 0 Å². The molecule has 0 amide bonds. The number of hydrogen-bond acceptors (Lipinski definition) is 6. The van der Waals surface area contributed by atoms with Crippen LogP contribution in [-0.4, -0.2) is 60.1 Å². The molecule has 0 spiro atoms. The van der Waals surface area contributed by atoms with Gasteiger partial charge in [0.05, 0.1) is 36.0 Å². The summed E-state index contributed by atoms with van der Waals surface area (Å²) in [6.45, 7) is 3.99. The molecule has 4 heterocycles. The summed E-state index contributed by atoms with van der Waals surface area (Å²) in [6.07, 6.45) is 3.59. The predicted octanol–water partition coefficient (Wildman–Crippen LogP) is 0.599. The van der Waals surface area contributed by atoms with Crippen molar-refractivity contribution in [3.8, 4) is 5.82 Å². The molecule has 1 aromatic carbocycles. The average Bonchev–Trinajstić information content (AvgIpc) is 3.34. The van der Waals surface area contributed by atoms with Gasteiger partial charge in [-0.3, -0.25) is 18.7 Å². The van der Waals surface area contributed by atoms with Gasteiger partial charge in [-0.2, -0.15) is 4.68 Å². The molecule has 1 saturated heterocycles. The molecule has 0 N–H and O–H groups in total. The van der Waals surface area contributed by atoms with Gasteiger partial charge in [-0.25, -0.2) is 4.98 Å². The van der Waals surface area contributed by atoms with Crippen molar-refractivity contribution in [1.82, 2.24) is 33.8 Å². The van der Waals surface area contributed by atoms with Crippen LogP contribution in [0.2, 0.25) is 0 Å². The Morgan fingerprint density at radius 1 is 1.19 bits per heavy atom. The van der Waals surface area contributed by atoms with Crippen LogP contribution in [0.1, 0.15) is 5.69 Å². The van der Waals surface area contributed by atoms with Gasteiger partial charge in [-0.05, 0) is 12.1 Å². The fraction of sp³-hybridized carbons (Fsp3) is 0.333. The minimum atomic E-state index is -0.0616. The molecule has 0 bridgehead atoms. The normalized spacial score (nSPS) is 15.7. The van der Waals surface area contributed by atoms with Crippen molar-refractivity contribution >= 4 is 16.6 Å². The van der Waals surface area contributed by atoms with Gasteiger partial charge < -0.3 is 4.74 Å². The number of aromatic nitrogens is 6. The van der Waals surface area contributed by atoms with Crippen LogP contribution in [0.4, 0.5) is 0 Å². The van der Waals surface area contributed by atoms with Gasteiger partial charge in [0.2, 0.25) is 0 Å². The van der Waals surface area contributed by atoms with Crippen molar-refractivity contribution in [1.29, 1.82) is 0 Å². The van der Waals surface area contributed by atoms with E-state index in [9.17, 15) is 4.79 Å². The first kappa shape index (κ1) is 16.2. The number of benzene rings is 1. The highest BCUT2D eigenvalue weighted by molar-refractivity contribution is 5.82. The second-order valence-electron chi connectivity index (χ2n) is 6.69. The number of rotatable bonds is 3. The van der Waals surface area contributed by atoms with E-state index >= 15 is 0 Å². The van der Waals surface area contributed by atoms with Crippen LogP contribution in [0.25, 0.3) is 22.4 Å². The molecule has 1 aliphatic heterocycles. The van der Waals surface area contributed by atoms with E-state index in [0.717, 1.165) is 44.1 Å². The lowest BCUT2D eigenvalue weighted by molar-refractivity contribution is 0.0336. The maximum Gasteiger partial charge on any atom is 0.261 e. The Hall–Kier alpha value is -3.04. The number of para-hydroxylation sites is 1. The molecule has 0 saturated carbocycles. The first-order chi connectivity index (χ1) is 13.2. The van der Waals surface area contributed by atoms with Gasteiger partial charge in [0.15, 0.2) is 11.5 Å². The molecular weight excluding hydrogens is 346 g/mol. The highest BCUT2D eigenvalue weighted by Crippen LogP contribution is 2.18. The molecule has 9 nitrogen and oxygen atoms in total. The van der Waals surface area contributed by atoms with Crippen molar-refractivity contribution < 1.29 is 4.74 Å². The number of aryl methyl sites for hydroxylation is 1. The Labute approximate surface area is 154 Å². The van der Waals surface area contributed by atoms with E-state index in [0.29, 0.717) is 16.9 Å². The number of fused-ring (bicyclic) bond motifs is 3. The van der Waals surface area contributed by atoms with Gasteiger partial charge in [0.1, 0.15) is 6.33 Å². The van der Waals surface area contributed by atoms with Crippen molar-refractivity contribution in [2.45, 2.75) is 6.54 Å². The van der Waals surface area contributed by atoms with Crippen LogP contribution in [-0.2, 0) is 18.3 Å². The summed E-state index contributed by atoms with van der Waals surface area (Å²) in [7, 11) is 1.75. The first-order valence-electron chi connectivity index (χ1n) is 8.89. The lowest BCUT2D eigenvalue weighted by atomic mass is 10.2. The van der Waals surface area contributed by atoms with Gasteiger partial charge in [-0.15, -0.1) is 5.10 Å². The van der Waals surface area contributed by atoms with E-state index in [1.807, 2.05) is 34.9 Å². The average molecular weight is 365 g/mol. The minimum Gasteiger partial charge on any atom is -0.379 e. The summed E-state index contributed by atoms with van der Waals surface area (Å²) in [5.41, 5.74) is 2.31. The summed E-state index contributed by atoms with van der Waals surface area (Å²) in [4.78, 5) is 19.5. The largest absolute Gasteiger partial charge is 0.379 e. The van der Waals surface area contributed by atoms with Crippen LogP contribution in [0.15, 0.2) is 41.6 Å². The molecule has 0 atom stereocenters. The zero-order valence-electron chi connectivity index (χ0n) is 14.9. The number of imidazole rings is 1. The predicted molar refractivity (Wildman–Crippen MR) is 99.0 cm³/mol. The summed E-state index contributed by atoms with van der Waals surface area (Å²) in [6, 6.07) is 7.52. The lowest BCUT2D eigenvalue weighted by Gasteiger charge is -2.25. The second-order valence-corrected chi connectivity index (χ2v) is 6.69. The molecule has 138 valence electrons. The lowest BCUT2D eigenvalue weighted by Crippen LogP contribution is -2.35. The zero-order valence-corrected chi connectivity index (χ0v) is 14.9. The number of hydrogen-bond donors (Lipinski definition) is 0. The Morgan fingerprint density at radius 3 is 2.85 bits per heavy atom. The maximum atomic E-state index is 12.7.